The first-order valence-electron chi connectivity index (χ1n) is 19.8. The third kappa shape index (κ3) is 9.76. The second kappa shape index (κ2) is 17.2. The van der Waals surface area contributed by atoms with Crippen LogP contribution in [0.4, 0.5) is 33.6 Å². The van der Waals surface area contributed by atoms with Gasteiger partial charge in [-0.25, -0.2) is 9.78 Å². The summed E-state index contributed by atoms with van der Waals surface area (Å²) in [5.74, 6) is 2.11. The number of halogens is 1. The number of rotatable bonds is 11. The average Bonchev–Trinajstić information content (AvgIpc) is 3.63. The summed E-state index contributed by atoms with van der Waals surface area (Å²) in [6.07, 6.45) is 10.2. The summed E-state index contributed by atoms with van der Waals surface area (Å²) in [5.41, 5.74) is 4.71. The Kier molecular flexibility index (Phi) is 12.3. The molecule has 58 heavy (non-hydrogen) atoms. The number of pyridine rings is 1. The van der Waals surface area contributed by atoms with Gasteiger partial charge in [0, 0.05) is 92.3 Å². The third-order valence-electron chi connectivity index (χ3n) is 10.7. The minimum atomic E-state index is -2.72. The van der Waals surface area contributed by atoms with Crippen LogP contribution in [0.25, 0.3) is 22.0 Å². The number of likely N-dealkylation sites (tertiary alicyclic amines) is 1. The van der Waals surface area contributed by atoms with Gasteiger partial charge in [-0.15, -0.1) is 0 Å². The number of methoxy groups -OCH3 is 1. The lowest BCUT2D eigenvalue weighted by molar-refractivity contribution is 0.0177. The fourth-order valence-corrected chi connectivity index (χ4v) is 9.51. The van der Waals surface area contributed by atoms with Gasteiger partial charge in [-0.3, -0.25) is 14.6 Å². The number of anilines is 5. The zero-order chi connectivity index (χ0) is 41.2. The van der Waals surface area contributed by atoms with E-state index in [-0.39, 0.29) is 6.09 Å². The number of para-hydroxylation sites is 1. The number of hydrogen-bond acceptors (Lipinski definition) is 12. The Labute approximate surface area is 349 Å². The lowest BCUT2D eigenvalue weighted by Gasteiger charge is -2.38. The van der Waals surface area contributed by atoms with E-state index in [9.17, 15) is 9.36 Å². The Balaban J connectivity index is 1.06. The number of carbonyl (C=O) groups excluding carboxylic acids is 1. The van der Waals surface area contributed by atoms with Gasteiger partial charge in [-0.1, -0.05) is 18.2 Å². The maximum atomic E-state index is 13.6. The molecule has 5 aromatic rings. The molecule has 2 N–H and O–H groups in total. The number of amides is 1. The quantitative estimate of drug-likeness (QED) is 0.124. The lowest BCUT2D eigenvalue weighted by atomic mass is 9.93. The van der Waals surface area contributed by atoms with Crippen molar-refractivity contribution in [3.05, 3.63) is 65.7 Å². The highest BCUT2D eigenvalue weighted by molar-refractivity contribution is 9.10. The number of piperazine rings is 1. The van der Waals surface area contributed by atoms with Crippen LogP contribution in [0.5, 0.6) is 5.75 Å². The van der Waals surface area contributed by atoms with Crippen molar-refractivity contribution in [1.29, 1.82) is 0 Å². The van der Waals surface area contributed by atoms with Gasteiger partial charge in [0.1, 0.15) is 24.3 Å². The molecule has 0 aliphatic carbocycles. The standard InChI is InChI=1S/C42H54BrN10O4P/c1-42(2,3)57-41(54)53-16-13-28(14-17-53)12-15-51-18-20-52(21-19-51)36-23-37(56-5)34(22-31(36)29-24-46-50(4)27-29)48-40-45-25-32(43)39(49-40)47-35-26-44-33-11-9-8-10-30(33)38(35)58(6,7)55/h8-11,22-28H,12-21H2,1-7H3,(H2,45,47,48,49). The Bertz CT molecular complexity index is 2310. The molecule has 2 fully saturated rings. The molecule has 3 aromatic heterocycles. The van der Waals surface area contributed by atoms with Crippen LogP contribution < -0.4 is 25.6 Å². The highest BCUT2D eigenvalue weighted by Gasteiger charge is 2.29. The number of piperidine rings is 1. The van der Waals surface area contributed by atoms with Crippen molar-refractivity contribution in [3.63, 3.8) is 0 Å². The van der Waals surface area contributed by atoms with Crippen LogP contribution in [0, 0.1) is 5.92 Å². The van der Waals surface area contributed by atoms with Gasteiger partial charge in [0.05, 0.1) is 40.9 Å². The summed E-state index contributed by atoms with van der Waals surface area (Å²) in [7, 11) is 0.863. The number of carbonyl (C=O) groups is 1. The molecular formula is C42H54BrN10O4P. The molecule has 0 unspecified atom stereocenters. The molecule has 5 heterocycles. The molecule has 1 amide bonds. The highest BCUT2D eigenvalue weighted by atomic mass is 79.9. The van der Waals surface area contributed by atoms with Gasteiger partial charge in [0.25, 0.3) is 0 Å². The van der Waals surface area contributed by atoms with Gasteiger partial charge in [-0.2, -0.15) is 10.1 Å². The molecule has 0 atom stereocenters. The number of fused-ring (bicyclic) bond motifs is 1. The zero-order valence-electron chi connectivity index (χ0n) is 34.5. The molecule has 0 bridgehead atoms. The summed E-state index contributed by atoms with van der Waals surface area (Å²) in [6.45, 7) is 15.5. The molecular weight excluding hydrogens is 819 g/mol. The Morgan fingerprint density at radius 1 is 0.966 bits per heavy atom. The maximum absolute atomic E-state index is 13.6. The van der Waals surface area contributed by atoms with E-state index in [1.165, 1.54) is 0 Å². The van der Waals surface area contributed by atoms with Crippen molar-refractivity contribution >= 4 is 74.2 Å². The van der Waals surface area contributed by atoms with Crippen molar-refractivity contribution in [2.75, 3.05) is 81.8 Å². The summed E-state index contributed by atoms with van der Waals surface area (Å²) < 4.78 is 27.6. The molecule has 0 saturated carbocycles. The molecule has 2 aliphatic rings. The van der Waals surface area contributed by atoms with Crippen LogP contribution >= 0.6 is 23.1 Å². The SMILES string of the molecule is COc1cc(N2CCN(CCC3CCN(C(=O)OC(C)(C)C)CC3)CC2)c(-c2cnn(C)c2)cc1Nc1ncc(Br)c(Nc2cnc3ccccc3c2P(C)(C)=O)n1. The Morgan fingerprint density at radius 3 is 2.38 bits per heavy atom. The maximum Gasteiger partial charge on any atom is 0.410 e. The van der Waals surface area contributed by atoms with E-state index in [4.69, 9.17) is 14.5 Å². The van der Waals surface area contributed by atoms with E-state index in [1.54, 1.807) is 32.8 Å². The van der Waals surface area contributed by atoms with Crippen LogP contribution in [0.1, 0.15) is 40.0 Å². The molecule has 2 saturated heterocycles. The molecule has 2 aliphatic heterocycles. The third-order valence-corrected chi connectivity index (χ3v) is 12.8. The zero-order valence-corrected chi connectivity index (χ0v) is 36.9. The smallest absolute Gasteiger partial charge is 0.410 e. The molecule has 14 nitrogen and oxygen atoms in total. The van der Waals surface area contributed by atoms with E-state index in [0.29, 0.717) is 39.3 Å². The fourth-order valence-electron chi connectivity index (χ4n) is 7.76. The minimum Gasteiger partial charge on any atom is -0.494 e. The van der Waals surface area contributed by atoms with Gasteiger partial charge in [0.15, 0.2) is 0 Å². The summed E-state index contributed by atoms with van der Waals surface area (Å²) >= 11 is 3.61. The van der Waals surface area contributed by atoms with Gasteiger partial charge >= 0.3 is 6.09 Å². The largest absolute Gasteiger partial charge is 0.494 e. The van der Waals surface area contributed by atoms with Crippen molar-refractivity contribution in [1.82, 2.24) is 34.5 Å². The van der Waals surface area contributed by atoms with Crippen molar-refractivity contribution in [3.8, 4) is 16.9 Å². The predicted octanol–water partition coefficient (Wildman–Crippen LogP) is 8.09. The number of nitrogens with zero attached hydrogens (tertiary/aromatic N) is 8. The first-order chi connectivity index (χ1) is 27.6. The Hall–Kier alpha value is -4.72. The van der Waals surface area contributed by atoms with E-state index in [0.717, 1.165) is 98.1 Å². The molecule has 0 radical (unpaired) electrons. The van der Waals surface area contributed by atoms with Crippen LogP contribution in [0.3, 0.4) is 0 Å². The number of benzene rings is 2. The molecule has 2 aromatic carbocycles. The topological polar surface area (TPSA) is 143 Å². The van der Waals surface area contributed by atoms with Crippen molar-refractivity contribution < 1.29 is 18.8 Å². The second-order valence-electron chi connectivity index (χ2n) is 16.5. The van der Waals surface area contributed by atoms with Crippen molar-refractivity contribution in [2.24, 2.45) is 13.0 Å². The van der Waals surface area contributed by atoms with E-state index in [2.05, 4.69) is 63.6 Å². The Morgan fingerprint density at radius 2 is 1.71 bits per heavy atom. The monoisotopic (exact) mass is 872 g/mol. The van der Waals surface area contributed by atoms with Crippen LogP contribution in [0.2, 0.25) is 0 Å². The first-order valence-corrected chi connectivity index (χ1v) is 23.2. The molecule has 7 rings (SSSR count). The van der Waals surface area contributed by atoms with Crippen molar-refractivity contribution in [2.45, 2.75) is 45.6 Å². The van der Waals surface area contributed by atoms with Gasteiger partial charge in [0.2, 0.25) is 5.95 Å². The van der Waals surface area contributed by atoms with Gasteiger partial charge < -0.3 is 34.5 Å². The van der Waals surface area contributed by atoms with Crippen LogP contribution in [-0.2, 0) is 16.3 Å². The number of nitrogens with one attached hydrogen (secondary N) is 2. The fraction of sp³-hybridized carbons (Fsp3) is 0.452. The summed E-state index contributed by atoms with van der Waals surface area (Å²) in [5, 5.41) is 12.9. The normalized spacial score (nSPS) is 15.8. The highest BCUT2D eigenvalue weighted by Crippen LogP contribution is 2.43. The van der Waals surface area contributed by atoms with Crippen LogP contribution in [0.15, 0.2) is 65.7 Å². The number of ether oxygens (including phenoxy) is 2. The first kappa shape index (κ1) is 41.4. The second-order valence-corrected chi connectivity index (χ2v) is 20.5. The van der Waals surface area contributed by atoms with E-state index < -0.39 is 12.7 Å². The molecule has 308 valence electrons. The predicted molar refractivity (Wildman–Crippen MR) is 236 cm³/mol. The lowest BCUT2D eigenvalue weighted by Crippen LogP contribution is -2.47. The summed E-state index contributed by atoms with van der Waals surface area (Å²) in [4.78, 5) is 33.4. The number of hydrogen-bond donors (Lipinski definition) is 2. The molecule has 16 heteroatoms. The number of aryl methyl sites for hydroxylation is 1. The van der Waals surface area contributed by atoms with Gasteiger partial charge in [-0.05, 0) is 93.9 Å². The van der Waals surface area contributed by atoms with E-state index >= 15 is 0 Å². The van der Waals surface area contributed by atoms with Crippen LogP contribution in [-0.4, -0.2) is 112 Å². The average molecular weight is 874 g/mol. The van der Waals surface area contributed by atoms with E-state index in [1.807, 2.05) is 74.1 Å². The molecule has 0 spiro atoms. The summed E-state index contributed by atoms with van der Waals surface area (Å²) in [6, 6.07) is 11.9. The minimum absolute atomic E-state index is 0.201. The number of aromatic nitrogens is 5.